The second kappa shape index (κ2) is 8.65. The average molecular weight is 348 g/mol. The molecule has 1 rings (SSSR count). The molecule has 0 saturated carbocycles. The second-order valence-corrected chi connectivity index (χ2v) is 7.04. The second-order valence-electron chi connectivity index (χ2n) is 7.04. The summed E-state index contributed by atoms with van der Waals surface area (Å²) in [5.74, 6) is -0.243. The van der Waals surface area contributed by atoms with Crippen LogP contribution in [0, 0.1) is 0 Å². The van der Waals surface area contributed by atoms with Crippen molar-refractivity contribution in [1.82, 2.24) is 10.6 Å². The molecule has 2 N–H and O–H groups in total. The Kier molecular flexibility index (Phi) is 7.15. The number of aldehydes is 1. The minimum absolute atomic E-state index is 0.243. The predicted octanol–water partition coefficient (Wildman–Crippen LogP) is 3.31. The maximum Gasteiger partial charge on any atom is 0.407 e. The van der Waals surface area contributed by atoms with E-state index >= 15 is 0 Å². The lowest BCUT2D eigenvalue weighted by Crippen LogP contribution is -2.55. The van der Waals surface area contributed by atoms with Crippen LogP contribution in [0.4, 0.5) is 4.79 Å². The summed E-state index contributed by atoms with van der Waals surface area (Å²) in [4.78, 5) is 35.1. The van der Waals surface area contributed by atoms with E-state index in [2.05, 4.69) is 10.6 Å². The van der Waals surface area contributed by atoms with Gasteiger partial charge < -0.3 is 15.4 Å². The number of hydrogen-bond donors (Lipinski definition) is 2. The lowest BCUT2D eigenvalue weighted by molar-refractivity contribution is 0.0501. The number of rotatable bonds is 7. The topological polar surface area (TPSA) is 84.5 Å². The summed E-state index contributed by atoms with van der Waals surface area (Å²) >= 11 is 0. The van der Waals surface area contributed by atoms with Crippen LogP contribution >= 0.6 is 0 Å². The number of nitrogens with one attached hydrogen (secondary N) is 2. The highest BCUT2D eigenvalue weighted by Gasteiger charge is 2.30. The fourth-order valence-corrected chi connectivity index (χ4v) is 2.30. The largest absolute Gasteiger partial charge is 0.444 e. The first kappa shape index (κ1) is 20.7. The quantitative estimate of drug-likeness (QED) is 0.740. The fraction of sp³-hybridized carbons (Fsp3) is 0.526. The highest BCUT2D eigenvalue weighted by Crippen LogP contribution is 2.16. The van der Waals surface area contributed by atoms with E-state index in [0.717, 1.165) is 6.29 Å². The first-order valence-corrected chi connectivity index (χ1v) is 8.49. The van der Waals surface area contributed by atoms with Gasteiger partial charge in [0.25, 0.3) is 5.91 Å². The third-order valence-corrected chi connectivity index (χ3v) is 4.01. The lowest BCUT2D eigenvalue weighted by atomic mass is 9.92. The molecule has 0 aromatic heterocycles. The van der Waals surface area contributed by atoms with Crippen molar-refractivity contribution in [2.75, 3.05) is 6.54 Å². The number of alkyl carbamates (subject to hydrolysis) is 1. The zero-order valence-electron chi connectivity index (χ0n) is 15.6. The van der Waals surface area contributed by atoms with Gasteiger partial charge in [-0.1, -0.05) is 26.0 Å². The standard InChI is InChI=1S/C19H28N2O4/c1-6-19(7-2,13-20-17(24)25-18(3,4)5)21-16(23)15-10-8-14(12-22)9-11-15/h8-12H,6-7,13H2,1-5H3,(H,20,24)(H,21,23). The maximum atomic E-state index is 12.5. The van der Waals surface area contributed by atoms with Crippen LogP contribution in [0.1, 0.15) is 68.2 Å². The van der Waals surface area contributed by atoms with Crippen molar-refractivity contribution in [3.05, 3.63) is 35.4 Å². The van der Waals surface area contributed by atoms with Crippen LogP contribution in [0.3, 0.4) is 0 Å². The van der Waals surface area contributed by atoms with Crippen LogP contribution in [-0.4, -0.2) is 36.0 Å². The third kappa shape index (κ3) is 6.57. The van der Waals surface area contributed by atoms with Gasteiger partial charge >= 0.3 is 6.09 Å². The van der Waals surface area contributed by atoms with Crippen molar-refractivity contribution in [2.45, 2.75) is 58.6 Å². The van der Waals surface area contributed by atoms with Crippen molar-refractivity contribution < 1.29 is 19.1 Å². The molecule has 0 heterocycles. The zero-order valence-corrected chi connectivity index (χ0v) is 15.6. The molecule has 0 radical (unpaired) electrons. The normalized spacial score (nSPS) is 11.6. The van der Waals surface area contributed by atoms with E-state index in [0.29, 0.717) is 24.0 Å². The van der Waals surface area contributed by atoms with Crippen LogP contribution in [0.25, 0.3) is 0 Å². The van der Waals surface area contributed by atoms with E-state index in [9.17, 15) is 14.4 Å². The molecule has 0 aliphatic heterocycles. The summed E-state index contributed by atoms with van der Waals surface area (Å²) < 4.78 is 5.24. The smallest absolute Gasteiger partial charge is 0.407 e. The Hall–Kier alpha value is -2.37. The van der Waals surface area contributed by atoms with Crippen molar-refractivity contribution >= 4 is 18.3 Å². The van der Waals surface area contributed by atoms with E-state index in [-0.39, 0.29) is 12.5 Å². The Labute approximate surface area is 149 Å². The van der Waals surface area contributed by atoms with Gasteiger partial charge in [-0.2, -0.15) is 0 Å². The van der Waals surface area contributed by atoms with Gasteiger partial charge in [0.1, 0.15) is 11.9 Å². The molecular formula is C19H28N2O4. The first-order valence-electron chi connectivity index (χ1n) is 8.49. The molecule has 0 saturated heterocycles. The maximum absolute atomic E-state index is 12.5. The Morgan fingerprint density at radius 1 is 1.08 bits per heavy atom. The molecule has 2 amide bonds. The Morgan fingerprint density at radius 2 is 1.64 bits per heavy atom. The average Bonchev–Trinajstić information content (AvgIpc) is 2.57. The summed E-state index contributed by atoms with van der Waals surface area (Å²) in [6.07, 6.45) is 1.52. The Balaban J connectivity index is 2.77. The van der Waals surface area contributed by atoms with E-state index in [1.807, 2.05) is 13.8 Å². The summed E-state index contributed by atoms with van der Waals surface area (Å²) in [5, 5.41) is 5.74. The van der Waals surface area contributed by atoms with E-state index < -0.39 is 17.2 Å². The van der Waals surface area contributed by atoms with Gasteiger partial charge in [-0.25, -0.2) is 4.79 Å². The van der Waals surface area contributed by atoms with Gasteiger partial charge in [0.05, 0.1) is 5.54 Å². The molecular weight excluding hydrogens is 320 g/mol. The van der Waals surface area contributed by atoms with E-state index in [4.69, 9.17) is 4.74 Å². The molecule has 0 spiro atoms. The third-order valence-electron chi connectivity index (χ3n) is 4.01. The number of hydrogen-bond acceptors (Lipinski definition) is 4. The molecule has 1 aromatic carbocycles. The lowest BCUT2D eigenvalue weighted by Gasteiger charge is -2.33. The van der Waals surface area contributed by atoms with Crippen molar-refractivity contribution in [1.29, 1.82) is 0 Å². The SMILES string of the molecule is CCC(CC)(CNC(=O)OC(C)(C)C)NC(=O)c1ccc(C=O)cc1. The van der Waals surface area contributed by atoms with Crippen LogP contribution in [-0.2, 0) is 4.74 Å². The Bertz CT molecular complexity index is 599. The van der Waals surface area contributed by atoms with E-state index in [1.165, 1.54) is 0 Å². The summed E-state index contributed by atoms with van der Waals surface area (Å²) in [7, 11) is 0. The molecule has 138 valence electrons. The first-order chi connectivity index (χ1) is 11.6. The van der Waals surface area contributed by atoms with Crippen molar-refractivity contribution in [3.8, 4) is 0 Å². The van der Waals surface area contributed by atoms with Crippen LogP contribution < -0.4 is 10.6 Å². The van der Waals surface area contributed by atoms with Gasteiger partial charge in [-0.15, -0.1) is 0 Å². The number of amides is 2. The molecule has 0 unspecified atom stereocenters. The molecule has 25 heavy (non-hydrogen) atoms. The van der Waals surface area contributed by atoms with Gasteiger partial charge in [0, 0.05) is 17.7 Å². The van der Waals surface area contributed by atoms with Gasteiger partial charge in [0.2, 0.25) is 0 Å². The van der Waals surface area contributed by atoms with Gasteiger partial charge in [0.15, 0.2) is 0 Å². The van der Waals surface area contributed by atoms with Crippen LogP contribution in [0.15, 0.2) is 24.3 Å². The monoisotopic (exact) mass is 348 g/mol. The molecule has 6 heteroatoms. The highest BCUT2D eigenvalue weighted by atomic mass is 16.6. The zero-order chi connectivity index (χ0) is 19.1. The molecule has 6 nitrogen and oxygen atoms in total. The molecule has 0 aliphatic carbocycles. The number of benzene rings is 1. The number of ether oxygens (including phenoxy) is 1. The van der Waals surface area contributed by atoms with Gasteiger partial charge in [-0.3, -0.25) is 9.59 Å². The van der Waals surface area contributed by atoms with Crippen molar-refractivity contribution in [3.63, 3.8) is 0 Å². The fourth-order valence-electron chi connectivity index (χ4n) is 2.30. The van der Waals surface area contributed by atoms with Crippen LogP contribution in [0.5, 0.6) is 0 Å². The summed E-state index contributed by atoms with van der Waals surface area (Å²) in [6, 6.07) is 6.41. The van der Waals surface area contributed by atoms with Crippen molar-refractivity contribution in [2.24, 2.45) is 0 Å². The predicted molar refractivity (Wildman–Crippen MR) is 96.8 cm³/mol. The summed E-state index contributed by atoms with van der Waals surface area (Å²) in [6.45, 7) is 9.57. The Morgan fingerprint density at radius 3 is 2.08 bits per heavy atom. The molecule has 0 aliphatic rings. The molecule has 0 atom stereocenters. The highest BCUT2D eigenvalue weighted by molar-refractivity contribution is 5.95. The van der Waals surface area contributed by atoms with E-state index in [1.54, 1.807) is 45.0 Å². The molecule has 0 bridgehead atoms. The molecule has 1 aromatic rings. The minimum Gasteiger partial charge on any atom is -0.444 e. The van der Waals surface area contributed by atoms with Gasteiger partial charge in [-0.05, 0) is 45.7 Å². The summed E-state index contributed by atoms with van der Waals surface area (Å²) in [5.41, 5.74) is -0.166. The van der Waals surface area contributed by atoms with Crippen LogP contribution in [0.2, 0.25) is 0 Å². The number of carbonyl (C=O) groups excluding carboxylic acids is 3. The minimum atomic E-state index is -0.575. The number of carbonyl (C=O) groups is 3. The molecule has 0 fully saturated rings.